The van der Waals surface area contributed by atoms with E-state index >= 15 is 0 Å². The standard InChI is InChI=1S/C14H15F2N3O2/c1-9-6-11(18-19(9)2)8-17-13(20)10-4-3-5-12(7-10)21-14(15)16/h3-7,14H,8H2,1-2H3,(H,17,20). The monoisotopic (exact) mass is 295 g/mol. The number of nitrogens with one attached hydrogen (secondary N) is 1. The Balaban J connectivity index is 1.99. The van der Waals surface area contributed by atoms with Gasteiger partial charge in [0.15, 0.2) is 0 Å². The first-order valence-corrected chi connectivity index (χ1v) is 6.28. The maximum atomic E-state index is 12.1. The van der Waals surface area contributed by atoms with Crippen LogP contribution in [0.4, 0.5) is 8.78 Å². The molecule has 21 heavy (non-hydrogen) atoms. The topological polar surface area (TPSA) is 56.1 Å². The van der Waals surface area contributed by atoms with Gasteiger partial charge in [0.1, 0.15) is 5.75 Å². The molecule has 1 aromatic heterocycles. The van der Waals surface area contributed by atoms with Crippen molar-refractivity contribution in [3.05, 3.63) is 47.3 Å². The average molecular weight is 295 g/mol. The van der Waals surface area contributed by atoms with Crippen molar-refractivity contribution in [2.75, 3.05) is 0 Å². The summed E-state index contributed by atoms with van der Waals surface area (Å²) in [4.78, 5) is 12.0. The Bertz CT molecular complexity index is 621. The van der Waals surface area contributed by atoms with Crippen molar-refractivity contribution >= 4 is 5.91 Å². The molecule has 0 bridgehead atoms. The number of hydrogen-bond donors (Lipinski definition) is 1. The second-order valence-corrected chi connectivity index (χ2v) is 4.49. The number of aryl methyl sites for hydroxylation is 2. The lowest BCUT2D eigenvalue weighted by molar-refractivity contribution is -0.0498. The molecule has 1 aromatic carbocycles. The molecule has 7 heteroatoms. The van der Waals surface area contributed by atoms with Gasteiger partial charge in [-0.3, -0.25) is 9.48 Å². The van der Waals surface area contributed by atoms with E-state index in [2.05, 4.69) is 15.2 Å². The molecule has 0 saturated heterocycles. The highest BCUT2D eigenvalue weighted by molar-refractivity contribution is 5.94. The molecule has 0 radical (unpaired) electrons. The number of halogens is 2. The Morgan fingerprint density at radius 1 is 1.43 bits per heavy atom. The highest BCUT2D eigenvalue weighted by atomic mass is 19.3. The minimum absolute atomic E-state index is 0.0497. The van der Waals surface area contributed by atoms with Gasteiger partial charge in [-0.2, -0.15) is 13.9 Å². The maximum absolute atomic E-state index is 12.1. The Morgan fingerprint density at radius 3 is 2.81 bits per heavy atom. The normalized spacial score (nSPS) is 10.7. The Hall–Kier alpha value is -2.44. The van der Waals surface area contributed by atoms with E-state index in [9.17, 15) is 13.6 Å². The van der Waals surface area contributed by atoms with Crippen LogP contribution in [0.25, 0.3) is 0 Å². The number of benzene rings is 1. The van der Waals surface area contributed by atoms with Gasteiger partial charge in [-0.25, -0.2) is 0 Å². The Labute approximate surface area is 120 Å². The summed E-state index contributed by atoms with van der Waals surface area (Å²) >= 11 is 0. The Morgan fingerprint density at radius 2 is 2.19 bits per heavy atom. The van der Waals surface area contributed by atoms with Crippen LogP contribution in [0.2, 0.25) is 0 Å². The number of carbonyl (C=O) groups is 1. The number of hydrogen-bond acceptors (Lipinski definition) is 3. The van der Waals surface area contributed by atoms with Crippen LogP contribution >= 0.6 is 0 Å². The fraction of sp³-hybridized carbons (Fsp3) is 0.286. The lowest BCUT2D eigenvalue weighted by atomic mass is 10.2. The molecule has 0 unspecified atom stereocenters. The summed E-state index contributed by atoms with van der Waals surface area (Å²) in [5.74, 6) is -0.427. The predicted octanol–water partition coefficient (Wildman–Crippen LogP) is 2.26. The third-order valence-electron chi connectivity index (χ3n) is 2.92. The minimum atomic E-state index is -2.92. The first-order chi connectivity index (χ1) is 9.95. The third-order valence-corrected chi connectivity index (χ3v) is 2.92. The molecule has 1 N–H and O–H groups in total. The van der Waals surface area contributed by atoms with E-state index in [-0.39, 0.29) is 23.8 Å². The molecule has 5 nitrogen and oxygen atoms in total. The van der Waals surface area contributed by atoms with Gasteiger partial charge in [0.2, 0.25) is 0 Å². The van der Waals surface area contributed by atoms with E-state index in [0.717, 1.165) is 11.4 Å². The summed E-state index contributed by atoms with van der Waals surface area (Å²) in [7, 11) is 1.81. The van der Waals surface area contributed by atoms with Crippen LogP contribution in [0.3, 0.4) is 0 Å². The van der Waals surface area contributed by atoms with Gasteiger partial charge in [-0.1, -0.05) is 6.07 Å². The van der Waals surface area contributed by atoms with Crippen LogP contribution in [-0.2, 0) is 13.6 Å². The van der Waals surface area contributed by atoms with E-state index in [1.165, 1.54) is 24.3 Å². The zero-order valence-corrected chi connectivity index (χ0v) is 11.6. The van der Waals surface area contributed by atoms with Crippen molar-refractivity contribution in [2.45, 2.75) is 20.1 Å². The van der Waals surface area contributed by atoms with Crippen LogP contribution in [0.5, 0.6) is 5.75 Å². The van der Waals surface area contributed by atoms with Crippen LogP contribution in [0.1, 0.15) is 21.7 Å². The van der Waals surface area contributed by atoms with Crippen LogP contribution < -0.4 is 10.1 Å². The molecule has 0 aliphatic rings. The number of nitrogens with zero attached hydrogens (tertiary/aromatic N) is 2. The summed E-state index contributed by atoms with van der Waals surface area (Å²) in [6.45, 7) is -0.746. The molecule has 0 fully saturated rings. The summed E-state index contributed by atoms with van der Waals surface area (Å²) in [5.41, 5.74) is 1.95. The second kappa shape index (κ2) is 6.34. The number of rotatable bonds is 5. The van der Waals surface area contributed by atoms with Crippen molar-refractivity contribution in [3.63, 3.8) is 0 Å². The minimum Gasteiger partial charge on any atom is -0.435 e. The molecule has 2 aromatic rings. The lowest BCUT2D eigenvalue weighted by Gasteiger charge is -2.07. The summed E-state index contributed by atoms with van der Waals surface area (Å²) in [6.07, 6.45) is 0. The van der Waals surface area contributed by atoms with E-state index in [4.69, 9.17) is 0 Å². The smallest absolute Gasteiger partial charge is 0.387 e. The van der Waals surface area contributed by atoms with E-state index in [1.54, 1.807) is 4.68 Å². The number of amides is 1. The predicted molar refractivity (Wildman–Crippen MR) is 72.2 cm³/mol. The van der Waals surface area contributed by atoms with Gasteiger partial charge < -0.3 is 10.1 Å². The quantitative estimate of drug-likeness (QED) is 0.920. The van der Waals surface area contributed by atoms with Crippen LogP contribution in [-0.4, -0.2) is 22.3 Å². The fourth-order valence-corrected chi connectivity index (χ4v) is 1.81. The Kier molecular flexibility index (Phi) is 4.52. The number of ether oxygens (including phenoxy) is 1. The molecule has 1 heterocycles. The largest absolute Gasteiger partial charge is 0.435 e. The van der Waals surface area contributed by atoms with Crippen molar-refractivity contribution in [3.8, 4) is 5.75 Å². The second-order valence-electron chi connectivity index (χ2n) is 4.49. The molecule has 0 saturated carbocycles. The molecular formula is C14H15F2N3O2. The van der Waals surface area contributed by atoms with Crippen LogP contribution in [0.15, 0.2) is 30.3 Å². The average Bonchev–Trinajstić information content (AvgIpc) is 2.75. The number of alkyl halides is 2. The highest BCUT2D eigenvalue weighted by Crippen LogP contribution is 2.16. The van der Waals surface area contributed by atoms with Crippen molar-refractivity contribution in [1.82, 2.24) is 15.1 Å². The maximum Gasteiger partial charge on any atom is 0.387 e. The van der Waals surface area contributed by atoms with E-state index < -0.39 is 6.61 Å². The first kappa shape index (κ1) is 15.0. The molecule has 0 atom stereocenters. The van der Waals surface area contributed by atoms with Crippen LogP contribution in [0, 0.1) is 6.92 Å². The van der Waals surface area contributed by atoms with Crippen molar-refractivity contribution in [1.29, 1.82) is 0 Å². The van der Waals surface area contributed by atoms with E-state index in [1.807, 2.05) is 20.0 Å². The van der Waals surface area contributed by atoms with Gasteiger partial charge in [0.05, 0.1) is 12.2 Å². The summed E-state index contributed by atoms with van der Waals surface area (Å²) < 4.78 is 30.2. The molecular weight excluding hydrogens is 280 g/mol. The molecule has 0 aliphatic heterocycles. The van der Waals surface area contributed by atoms with Crippen molar-refractivity contribution < 1.29 is 18.3 Å². The molecule has 0 aliphatic carbocycles. The zero-order chi connectivity index (χ0) is 15.4. The fourth-order valence-electron chi connectivity index (χ4n) is 1.81. The van der Waals surface area contributed by atoms with Gasteiger partial charge in [-0.15, -0.1) is 0 Å². The summed E-state index contributed by atoms with van der Waals surface area (Å²) in [6, 6.07) is 7.50. The van der Waals surface area contributed by atoms with E-state index in [0.29, 0.717) is 0 Å². The number of aromatic nitrogens is 2. The molecule has 112 valence electrons. The first-order valence-electron chi connectivity index (χ1n) is 6.28. The van der Waals surface area contributed by atoms with Gasteiger partial charge in [0.25, 0.3) is 5.91 Å². The summed E-state index contributed by atoms with van der Waals surface area (Å²) in [5, 5.41) is 6.89. The number of carbonyl (C=O) groups excluding carboxylic acids is 1. The van der Waals surface area contributed by atoms with Gasteiger partial charge >= 0.3 is 6.61 Å². The zero-order valence-electron chi connectivity index (χ0n) is 11.6. The highest BCUT2D eigenvalue weighted by Gasteiger charge is 2.10. The van der Waals surface area contributed by atoms with Gasteiger partial charge in [-0.05, 0) is 31.2 Å². The molecule has 2 rings (SSSR count). The lowest BCUT2D eigenvalue weighted by Crippen LogP contribution is -2.23. The molecule has 1 amide bonds. The third kappa shape index (κ3) is 4.01. The van der Waals surface area contributed by atoms with Gasteiger partial charge in [0, 0.05) is 18.3 Å². The SMILES string of the molecule is Cc1cc(CNC(=O)c2cccc(OC(F)F)c2)nn1C. The molecule has 0 spiro atoms. The van der Waals surface area contributed by atoms with Crippen molar-refractivity contribution in [2.24, 2.45) is 7.05 Å².